The summed E-state index contributed by atoms with van der Waals surface area (Å²) in [6.07, 6.45) is 5.83. The zero-order valence-electron chi connectivity index (χ0n) is 15.4. The highest BCUT2D eigenvalue weighted by Crippen LogP contribution is 2.40. The molecule has 0 radical (unpaired) electrons. The summed E-state index contributed by atoms with van der Waals surface area (Å²) in [7, 11) is 0. The number of hydrogen-bond acceptors (Lipinski definition) is 2. The maximum atomic E-state index is 2.73. The Morgan fingerprint density at radius 1 is 0.762 bits per heavy atom. The van der Waals surface area contributed by atoms with Crippen molar-refractivity contribution in [2.45, 2.75) is 72.8 Å². The van der Waals surface area contributed by atoms with Crippen LogP contribution in [-0.4, -0.2) is 48.1 Å². The van der Waals surface area contributed by atoms with Crippen molar-refractivity contribution >= 4 is 0 Å². The maximum Gasteiger partial charge on any atom is 0.0126 e. The Morgan fingerprint density at radius 3 is 1.71 bits per heavy atom. The highest BCUT2D eigenvalue weighted by molar-refractivity contribution is 4.85. The molecule has 0 aromatic carbocycles. The summed E-state index contributed by atoms with van der Waals surface area (Å²) in [5.74, 6) is 1.91. The Morgan fingerprint density at radius 2 is 1.29 bits per heavy atom. The number of nitrogens with zero attached hydrogens (tertiary/aromatic N) is 2. The normalized spacial score (nSPS) is 30.6. The average molecular weight is 295 g/mol. The van der Waals surface area contributed by atoms with E-state index in [1.54, 1.807) is 0 Å². The minimum absolute atomic E-state index is 0.344. The van der Waals surface area contributed by atoms with Gasteiger partial charge >= 0.3 is 0 Å². The molecule has 2 heteroatoms. The van der Waals surface area contributed by atoms with Crippen molar-refractivity contribution in [1.82, 2.24) is 9.80 Å². The van der Waals surface area contributed by atoms with E-state index in [9.17, 15) is 0 Å². The molecule has 0 unspecified atom stereocenters. The molecule has 2 aliphatic rings. The summed E-state index contributed by atoms with van der Waals surface area (Å²) in [5, 5.41) is 0. The number of rotatable bonds is 2. The summed E-state index contributed by atoms with van der Waals surface area (Å²) in [4.78, 5) is 5.37. The van der Waals surface area contributed by atoms with Crippen molar-refractivity contribution in [2.24, 2.45) is 17.3 Å². The van der Waals surface area contributed by atoms with Crippen molar-refractivity contribution < 1.29 is 0 Å². The van der Waals surface area contributed by atoms with Gasteiger partial charge in [-0.05, 0) is 63.7 Å². The van der Waals surface area contributed by atoms with E-state index in [2.05, 4.69) is 51.3 Å². The Balaban J connectivity index is 1.71. The smallest absolute Gasteiger partial charge is 0.0126 e. The summed E-state index contributed by atoms with van der Waals surface area (Å²) in [5.41, 5.74) is 0.861. The molecule has 0 atom stereocenters. The van der Waals surface area contributed by atoms with Crippen molar-refractivity contribution in [3.63, 3.8) is 0 Å². The number of hydrogen-bond donors (Lipinski definition) is 0. The fourth-order valence-corrected chi connectivity index (χ4v) is 4.18. The minimum atomic E-state index is 0.344. The first kappa shape index (κ1) is 17.3. The lowest BCUT2D eigenvalue weighted by Crippen LogP contribution is -2.54. The molecule has 21 heavy (non-hydrogen) atoms. The van der Waals surface area contributed by atoms with E-state index in [0.717, 1.165) is 11.8 Å². The molecule has 0 spiro atoms. The fraction of sp³-hybridized carbons (Fsp3) is 1.00. The standard InChI is InChI=1S/C19H38N2/c1-18(2,3)17-9-7-16(8-10-17)15-20-11-13-21(14-12-20)19(4,5)6/h16-17H,7-15H2,1-6H3. The van der Waals surface area contributed by atoms with Crippen LogP contribution in [0, 0.1) is 17.3 Å². The zero-order valence-corrected chi connectivity index (χ0v) is 15.4. The van der Waals surface area contributed by atoms with E-state index in [1.165, 1.54) is 58.4 Å². The molecule has 2 nitrogen and oxygen atoms in total. The van der Waals surface area contributed by atoms with Crippen molar-refractivity contribution in [2.75, 3.05) is 32.7 Å². The van der Waals surface area contributed by atoms with Gasteiger partial charge < -0.3 is 4.90 Å². The van der Waals surface area contributed by atoms with Crippen LogP contribution in [0.4, 0.5) is 0 Å². The summed E-state index contributed by atoms with van der Waals surface area (Å²) >= 11 is 0. The second kappa shape index (κ2) is 6.58. The first-order valence-corrected chi connectivity index (χ1v) is 9.13. The third-order valence-electron chi connectivity index (χ3n) is 5.91. The predicted molar refractivity (Wildman–Crippen MR) is 92.7 cm³/mol. The third-order valence-corrected chi connectivity index (χ3v) is 5.91. The highest BCUT2D eigenvalue weighted by Gasteiger charge is 2.31. The van der Waals surface area contributed by atoms with Gasteiger partial charge in [-0.3, -0.25) is 4.90 Å². The van der Waals surface area contributed by atoms with E-state index >= 15 is 0 Å². The Bertz CT molecular complexity index is 275. The monoisotopic (exact) mass is 294 g/mol. The van der Waals surface area contributed by atoms with E-state index in [4.69, 9.17) is 0 Å². The molecule has 0 aromatic heterocycles. The lowest BCUT2D eigenvalue weighted by Gasteiger charge is -2.44. The van der Waals surface area contributed by atoms with Crippen molar-refractivity contribution in [3.8, 4) is 0 Å². The fourth-order valence-electron chi connectivity index (χ4n) is 4.18. The predicted octanol–water partition coefficient (Wildman–Crippen LogP) is 4.26. The second-order valence-electron chi connectivity index (χ2n) is 9.54. The molecule has 1 heterocycles. The van der Waals surface area contributed by atoms with Gasteiger partial charge in [-0.25, -0.2) is 0 Å². The summed E-state index contributed by atoms with van der Waals surface area (Å²) in [6.45, 7) is 20.7. The van der Waals surface area contributed by atoms with Crippen LogP contribution in [0.3, 0.4) is 0 Å². The van der Waals surface area contributed by atoms with Crippen LogP contribution >= 0.6 is 0 Å². The van der Waals surface area contributed by atoms with Gasteiger partial charge in [0.15, 0.2) is 0 Å². The summed E-state index contributed by atoms with van der Waals surface area (Å²) in [6, 6.07) is 0. The van der Waals surface area contributed by atoms with E-state index in [-0.39, 0.29) is 0 Å². The lowest BCUT2D eigenvalue weighted by atomic mass is 9.70. The van der Waals surface area contributed by atoms with Crippen LogP contribution in [-0.2, 0) is 0 Å². The van der Waals surface area contributed by atoms with Gasteiger partial charge in [0.2, 0.25) is 0 Å². The highest BCUT2D eigenvalue weighted by atomic mass is 15.3. The minimum Gasteiger partial charge on any atom is -0.301 e. The van der Waals surface area contributed by atoms with E-state index in [0.29, 0.717) is 11.0 Å². The van der Waals surface area contributed by atoms with Crippen molar-refractivity contribution in [3.05, 3.63) is 0 Å². The Labute approximate surface area is 133 Å². The molecule has 1 aliphatic carbocycles. The lowest BCUT2D eigenvalue weighted by molar-refractivity contribution is 0.0466. The molecular formula is C19H38N2. The van der Waals surface area contributed by atoms with Crippen LogP contribution in [0.1, 0.15) is 67.2 Å². The van der Waals surface area contributed by atoms with Gasteiger partial charge in [0.05, 0.1) is 0 Å². The van der Waals surface area contributed by atoms with Gasteiger partial charge in [0.25, 0.3) is 0 Å². The van der Waals surface area contributed by atoms with Crippen LogP contribution < -0.4 is 0 Å². The molecule has 0 bridgehead atoms. The quantitative estimate of drug-likeness (QED) is 0.751. The second-order valence-corrected chi connectivity index (χ2v) is 9.54. The van der Waals surface area contributed by atoms with Gasteiger partial charge in [-0.15, -0.1) is 0 Å². The van der Waals surface area contributed by atoms with Crippen molar-refractivity contribution in [1.29, 1.82) is 0 Å². The first-order chi connectivity index (χ1) is 9.66. The van der Waals surface area contributed by atoms with E-state index in [1.807, 2.05) is 0 Å². The third kappa shape index (κ3) is 4.96. The Kier molecular flexibility index (Phi) is 5.41. The van der Waals surface area contributed by atoms with Crippen LogP contribution in [0.15, 0.2) is 0 Å². The number of piperazine rings is 1. The van der Waals surface area contributed by atoms with Gasteiger partial charge in [0, 0.05) is 38.3 Å². The average Bonchev–Trinajstić information content (AvgIpc) is 2.38. The molecular weight excluding hydrogens is 256 g/mol. The van der Waals surface area contributed by atoms with Gasteiger partial charge in [0.1, 0.15) is 0 Å². The first-order valence-electron chi connectivity index (χ1n) is 9.13. The molecule has 0 aromatic rings. The summed E-state index contributed by atoms with van der Waals surface area (Å²) < 4.78 is 0. The largest absolute Gasteiger partial charge is 0.301 e. The molecule has 2 fully saturated rings. The van der Waals surface area contributed by atoms with Gasteiger partial charge in [-0.2, -0.15) is 0 Å². The molecule has 124 valence electrons. The van der Waals surface area contributed by atoms with E-state index < -0.39 is 0 Å². The van der Waals surface area contributed by atoms with Gasteiger partial charge in [-0.1, -0.05) is 20.8 Å². The molecule has 0 amide bonds. The molecule has 1 saturated heterocycles. The van der Waals surface area contributed by atoms with Crippen LogP contribution in [0.5, 0.6) is 0 Å². The molecule has 0 N–H and O–H groups in total. The maximum absolute atomic E-state index is 2.73. The SMILES string of the molecule is CC(C)(C)C1CCC(CN2CCN(C(C)(C)C)CC2)CC1. The van der Waals surface area contributed by atoms with Crippen LogP contribution in [0.25, 0.3) is 0 Å². The topological polar surface area (TPSA) is 6.48 Å². The molecule has 1 aliphatic heterocycles. The Hall–Kier alpha value is -0.0800. The zero-order chi connectivity index (χ0) is 15.7. The molecule has 1 saturated carbocycles. The molecule has 2 rings (SSSR count). The van der Waals surface area contributed by atoms with Crippen LogP contribution in [0.2, 0.25) is 0 Å².